The lowest BCUT2D eigenvalue weighted by Crippen LogP contribution is -2.52. The highest BCUT2D eigenvalue weighted by Crippen LogP contribution is 2.22. The highest BCUT2D eigenvalue weighted by molar-refractivity contribution is 7.86. The van der Waals surface area contributed by atoms with E-state index in [2.05, 4.69) is 4.98 Å². The normalized spacial score (nSPS) is 21.5. The average molecular weight is 301 g/mol. The lowest BCUT2D eigenvalue weighted by atomic mass is 10.1. The van der Waals surface area contributed by atoms with Gasteiger partial charge < -0.3 is 10.3 Å². The van der Waals surface area contributed by atoms with Crippen LogP contribution in [0.5, 0.6) is 0 Å². The molecule has 1 atom stereocenters. The fourth-order valence-electron chi connectivity index (χ4n) is 2.52. The molecule has 1 aromatic heterocycles. The van der Waals surface area contributed by atoms with Crippen molar-refractivity contribution in [3.8, 4) is 0 Å². The molecule has 8 heteroatoms. The molecule has 1 saturated heterocycles. The van der Waals surface area contributed by atoms with Crippen LogP contribution in [0.3, 0.4) is 0 Å². The van der Waals surface area contributed by atoms with E-state index in [0.29, 0.717) is 13.1 Å². The van der Waals surface area contributed by atoms with Crippen molar-refractivity contribution in [2.24, 2.45) is 12.8 Å². The quantitative estimate of drug-likeness (QED) is 0.824. The molecule has 7 nitrogen and oxygen atoms in total. The molecule has 20 heavy (non-hydrogen) atoms. The van der Waals surface area contributed by atoms with Crippen molar-refractivity contribution < 1.29 is 8.42 Å². The van der Waals surface area contributed by atoms with Gasteiger partial charge in [0.25, 0.3) is 10.2 Å². The molecule has 1 fully saturated rings. The Balaban J connectivity index is 2.14. The van der Waals surface area contributed by atoms with Gasteiger partial charge in [-0.1, -0.05) is 6.42 Å². The molecule has 0 bridgehead atoms. The molecule has 2 rings (SSSR count). The molecule has 1 aliphatic heterocycles. The first-order valence-corrected chi connectivity index (χ1v) is 8.26. The van der Waals surface area contributed by atoms with Gasteiger partial charge in [0.2, 0.25) is 0 Å². The summed E-state index contributed by atoms with van der Waals surface area (Å²) in [5.74, 6) is 0.720. The summed E-state index contributed by atoms with van der Waals surface area (Å²) < 4.78 is 30.0. The Morgan fingerprint density at radius 1 is 1.50 bits per heavy atom. The van der Waals surface area contributed by atoms with Crippen LogP contribution >= 0.6 is 0 Å². The highest BCUT2D eigenvalue weighted by atomic mass is 32.2. The van der Waals surface area contributed by atoms with Crippen molar-refractivity contribution in [3.05, 3.63) is 18.2 Å². The number of aromatic nitrogens is 2. The average Bonchev–Trinajstić information content (AvgIpc) is 2.84. The molecule has 2 heterocycles. The molecule has 114 valence electrons. The fourth-order valence-corrected chi connectivity index (χ4v) is 4.09. The predicted molar refractivity (Wildman–Crippen MR) is 77.0 cm³/mol. The van der Waals surface area contributed by atoms with Crippen LogP contribution in [-0.4, -0.2) is 52.8 Å². The van der Waals surface area contributed by atoms with Gasteiger partial charge in [-0.25, -0.2) is 4.98 Å². The molecular formula is C12H23N5O2S. The molecule has 1 unspecified atom stereocenters. The lowest BCUT2D eigenvalue weighted by Gasteiger charge is -2.36. The van der Waals surface area contributed by atoms with Gasteiger partial charge in [0.15, 0.2) is 0 Å². The third kappa shape index (κ3) is 3.03. The number of hydrogen-bond donors (Lipinski definition) is 1. The van der Waals surface area contributed by atoms with Gasteiger partial charge in [0.1, 0.15) is 5.82 Å². The Morgan fingerprint density at radius 2 is 2.25 bits per heavy atom. The van der Waals surface area contributed by atoms with E-state index in [9.17, 15) is 8.42 Å². The van der Waals surface area contributed by atoms with Crippen LogP contribution in [0, 0.1) is 0 Å². The molecular weight excluding hydrogens is 278 g/mol. The molecule has 0 radical (unpaired) electrons. The monoisotopic (exact) mass is 301 g/mol. The largest absolute Gasteiger partial charge is 0.337 e. The Kier molecular flexibility index (Phi) is 4.79. The van der Waals surface area contributed by atoms with Crippen LogP contribution in [0.1, 0.15) is 25.1 Å². The van der Waals surface area contributed by atoms with Crippen LogP contribution in [0.25, 0.3) is 0 Å². The summed E-state index contributed by atoms with van der Waals surface area (Å²) in [7, 11) is -0.0398. The van der Waals surface area contributed by atoms with E-state index in [1.54, 1.807) is 23.7 Å². The first-order chi connectivity index (χ1) is 9.46. The molecule has 0 amide bonds. The molecule has 1 aromatic rings. The maximum atomic E-state index is 12.7. The second-order valence-electron chi connectivity index (χ2n) is 5.21. The minimum Gasteiger partial charge on any atom is -0.337 e. The van der Waals surface area contributed by atoms with Crippen molar-refractivity contribution in [3.63, 3.8) is 0 Å². The summed E-state index contributed by atoms with van der Waals surface area (Å²) in [5.41, 5.74) is 5.71. The number of hydrogen-bond acceptors (Lipinski definition) is 4. The van der Waals surface area contributed by atoms with Gasteiger partial charge in [0.05, 0.1) is 6.54 Å². The van der Waals surface area contributed by atoms with Crippen molar-refractivity contribution in [2.75, 3.05) is 20.1 Å². The maximum Gasteiger partial charge on any atom is 0.282 e. The summed E-state index contributed by atoms with van der Waals surface area (Å²) in [4.78, 5) is 4.17. The lowest BCUT2D eigenvalue weighted by molar-refractivity contribution is 0.239. The van der Waals surface area contributed by atoms with E-state index in [1.807, 2.05) is 11.6 Å². The summed E-state index contributed by atoms with van der Waals surface area (Å²) in [5, 5.41) is 0. The number of piperidine rings is 1. The SMILES string of the molecule is CN(Cc1nccn1C)S(=O)(=O)N1CCCCC1CN. The van der Waals surface area contributed by atoms with Crippen LogP contribution in [0.2, 0.25) is 0 Å². The molecule has 0 saturated carbocycles. The number of aryl methyl sites for hydroxylation is 1. The second-order valence-corrected chi connectivity index (χ2v) is 7.20. The first-order valence-electron chi connectivity index (χ1n) is 6.86. The first kappa shape index (κ1) is 15.4. The summed E-state index contributed by atoms with van der Waals surface area (Å²) in [6.45, 7) is 1.18. The number of nitrogens with two attached hydrogens (primary N) is 1. The Bertz CT molecular complexity index is 542. The maximum absolute atomic E-state index is 12.7. The summed E-state index contributed by atoms with van der Waals surface area (Å²) >= 11 is 0. The minimum absolute atomic E-state index is 0.0856. The van der Waals surface area contributed by atoms with Gasteiger partial charge >= 0.3 is 0 Å². The Morgan fingerprint density at radius 3 is 2.85 bits per heavy atom. The van der Waals surface area contributed by atoms with Crippen LogP contribution in [-0.2, 0) is 23.8 Å². The zero-order valence-corrected chi connectivity index (χ0v) is 12.9. The molecule has 0 aromatic carbocycles. The van der Waals surface area contributed by atoms with Crippen LogP contribution in [0.15, 0.2) is 12.4 Å². The topological polar surface area (TPSA) is 84.5 Å². The van der Waals surface area contributed by atoms with Crippen molar-refractivity contribution in [2.45, 2.75) is 31.8 Å². The van der Waals surface area contributed by atoms with Gasteiger partial charge in [0, 0.05) is 45.6 Å². The number of rotatable bonds is 5. The van der Waals surface area contributed by atoms with E-state index in [-0.39, 0.29) is 12.6 Å². The number of imidazole rings is 1. The zero-order chi connectivity index (χ0) is 14.8. The molecule has 0 aliphatic carbocycles. The van der Waals surface area contributed by atoms with Gasteiger partial charge in [-0.2, -0.15) is 17.0 Å². The van der Waals surface area contributed by atoms with Gasteiger partial charge in [-0.15, -0.1) is 0 Å². The van der Waals surface area contributed by atoms with Gasteiger partial charge in [-0.3, -0.25) is 0 Å². The second kappa shape index (κ2) is 6.21. The number of nitrogens with zero attached hydrogens (tertiary/aromatic N) is 4. The minimum atomic E-state index is -3.48. The highest BCUT2D eigenvalue weighted by Gasteiger charge is 2.34. The Hall–Kier alpha value is -0.960. The Labute approximate surface area is 120 Å². The van der Waals surface area contributed by atoms with E-state index in [0.717, 1.165) is 25.1 Å². The van der Waals surface area contributed by atoms with Crippen LogP contribution in [0.4, 0.5) is 0 Å². The molecule has 0 spiro atoms. The van der Waals surface area contributed by atoms with E-state index < -0.39 is 10.2 Å². The van der Waals surface area contributed by atoms with E-state index in [4.69, 9.17) is 5.73 Å². The summed E-state index contributed by atoms with van der Waals surface area (Å²) in [6.07, 6.45) is 6.24. The van der Waals surface area contributed by atoms with E-state index >= 15 is 0 Å². The molecule has 1 aliphatic rings. The third-order valence-corrected chi connectivity index (χ3v) is 5.81. The third-order valence-electron chi connectivity index (χ3n) is 3.82. The van der Waals surface area contributed by atoms with Crippen molar-refractivity contribution in [1.29, 1.82) is 0 Å². The van der Waals surface area contributed by atoms with Crippen molar-refractivity contribution >= 4 is 10.2 Å². The van der Waals surface area contributed by atoms with Crippen molar-refractivity contribution in [1.82, 2.24) is 18.2 Å². The zero-order valence-electron chi connectivity index (χ0n) is 12.1. The predicted octanol–water partition coefficient (Wildman–Crippen LogP) is -0.0901. The standard InChI is InChI=1S/C12H23N5O2S/c1-15-8-6-14-12(15)10-16(2)20(18,19)17-7-4-3-5-11(17)9-13/h6,8,11H,3-5,7,9-10,13H2,1-2H3. The summed E-state index contributed by atoms with van der Waals surface area (Å²) in [6, 6.07) is -0.0856. The van der Waals surface area contributed by atoms with Gasteiger partial charge in [-0.05, 0) is 12.8 Å². The smallest absolute Gasteiger partial charge is 0.282 e. The fraction of sp³-hybridized carbons (Fsp3) is 0.750. The van der Waals surface area contributed by atoms with Crippen LogP contribution < -0.4 is 5.73 Å². The van der Waals surface area contributed by atoms with E-state index in [1.165, 1.54) is 4.31 Å². The molecule has 2 N–H and O–H groups in total.